The van der Waals surface area contributed by atoms with Crippen molar-refractivity contribution in [2.75, 3.05) is 5.34 Å². The molecule has 0 N–H and O–H groups in total. The molecule has 0 saturated heterocycles. The van der Waals surface area contributed by atoms with Gasteiger partial charge in [-0.25, -0.2) is 0 Å². The van der Waals surface area contributed by atoms with Gasteiger partial charge in [0.2, 0.25) is 0 Å². The van der Waals surface area contributed by atoms with Crippen LogP contribution in [0.1, 0.15) is 10.4 Å². The van der Waals surface area contributed by atoms with Crippen molar-refractivity contribution in [3.8, 4) is 0 Å². The van der Waals surface area contributed by atoms with Crippen LogP contribution in [0.4, 0.5) is 0 Å². The third kappa shape index (κ3) is 5.73. The second-order valence-electron chi connectivity index (χ2n) is 1.85. The number of carbonyl (C=O) groups excluding carboxylic acids is 1. The Balaban J connectivity index is 0.000000424. The number of hydrogen-bond donors (Lipinski definition) is 0. The first kappa shape index (κ1) is 13.5. The first-order valence-corrected chi connectivity index (χ1v) is 5.72. The summed E-state index contributed by atoms with van der Waals surface area (Å²) in [7, 11) is 0. The molecule has 0 amide bonds. The molecule has 0 fully saturated rings. The zero-order valence-electron chi connectivity index (χ0n) is 6.44. The van der Waals surface area contributed by atoms with E-state index in [2.05, 4.69) is 22.6 Å². The minimum Gasteiger partial charge on any atom is -0.276 e. The summed E-state index contributed by atoms with van der Waals surface area (Å²) in [6.07, 6.45) is 0. The van der Waals surface area contributed by atoms with Gasteiger partial charge in [-0.15, -0.1) is 23.2 Å². The quantitative estimate of drug-likeness (QED) is 0.423. The maximum atomic E-state index is 10.6. The summed E-state index contributed by atoms with van der Waals surface area (Å²) in [4.78, 5) is 10.6. The zero-order valence-corrected chi connectivity index (χ0v) is 10.9. The van der Waals surface area contributed by atoms with Crippen molar-refractivity contribution in [1.29, 1.82) is 0 Å². The molecule has 72 valence electrons. The Morgan fingerprint density at radius 3 is 2.08 bits per heavy atom. The number of carbonyl (C=O) groups is 1. The Hall–Kier alpha value is 0.490. The van der Waals surface area contributed by atoms with Crippen LogP contribution in [0.15, 0.2) is 24.3 Å². The lowest BCUT2D eigenvalue weighted by Gasteiger charge is -1.94. The van der Waals surface area contributed by atoms with Gasteiger partial charge in [0.05, 0.1) is 5.34 Å². The van der Waals surface area contributed by atoms with Crippen molar-refractivity contribution in [3.63, 3.8) is 0 Å². The molecule has 0 aliphatic rings. The third-order valence-electron chi connectivity index (χ3n) is 1.09. The van der Waals surface area contributed by atoms with Gasteiger partial charge >= 0.3 is 0 Å². The van der Waals surface area contributed by atoms with E-state index in [1.54, 1.807) is 12.1 Å². The molecule has 0 unspecified atom stereocenters. The van der Waals surface area contributed by atoms with E-state index in [1.165, 1.54) is 0 Å². The van der Waals surface area contributed by atoms with Gasteiger partial charge in [-0.1, -0.05) is 12.1 Å². The summed E-state index contributed by atoms with van der Waals surface area (Å²) in [5, 5.41) is -0.204. The molecule has 0 bridgehead atoms. The Bertz CT molecular complexity index is 278. The summed E-state index contributed by atoms with van der Waals surface area (Å²) in [5.74, 6) is 0. The third-order valence-corrected chi connectivity index (χ3v) is 2.23. The fraction of sp³-hybridized carbons (Fsp3) is 0.125. The lowest BCUT2D eigenvalue weighted by molar-refractivity contribution is 0.108. The molecule has 0 aromatic heterocycles. The van der Waals surface area contributed by atoms with Crippen LogP contribution in [0.2, 0.25) is 0 Å². The number of hydrogen-bond acceptors (Lipinski definition) is 1. The molecule has 0 spiro atoms. The topological polar surface area (TPSA) is 17.1 Å². The van der Waals surface area contributed by atoms with Gasteiger partial charge < -0.3 is 0 Å². The predicted molar refractivity (Wildman–Crippen MR) is 65.9 cm³/mol. The second-order valence-corrected chi connectivity index (χ2v) is 4.17. The minimum atomic E-state index is -0.398. The van der Waals surface area contributed by atoms with E-state index in [0.29, 0.717) is 5.56 Å². The van der Waals surface area contributed by atoms with Crippen molar-refractivity contribution >= 4 is 62.6 Å². The molecule has 0 heterocycles. The molecule has 0 radical (unpaired) electrons. The highest BCUT2D eigenvalue weighted by atomic mass is 127. The second kappa shape index (κ2) is 7.85. The van der Waals surface area contributed by atoms with Gasteiger partial charge in [-0.2, -0.15) is 0 Å². The van der Waals surface area contributed by atoms with Gasteiger partial charge in [-0.3, -0.25) is 4.79 Å². The number of benzene rings is 1. The Kier molecular flexibility index (Phi) is 8.15. The number of rotatable bonds is 1. The van der Waals surface area contributed by atoms with Crippen molar-refractivity contribution in [2.45, 2.75) is 0 Å². The minimum absolute atomic E-state index is 0.194. The van der Waals surface area contributed by atoms with Crippen LogP contribution >= 0.6 is 57.4 Å². The van der Waals surface area contributed by atoms with Crippen LogP contribution in [0.3, 0.4) is 0 Å². The van der Waals surface area contributed by atoms with E-state index in [1.807, 2.05) is 12.1 Å². The van der Waals surface area contributed by atoms with Crippen LogP contribution in [0.25, 0.3) is 0 Å². The zero-order chi connectivity index (χ0) is 10.3. The fourth-order valence-corrected chi connectivity index (χ4v) is 1.58. The predicted octanol–water partition coefficient (Wildman–Crippen LogP) is 4.09. The Morgan fingerprint density at radius 2 is 1.77 bits per heavy atom. The van der Waals surface area contributed by atoms with E-state index < -0.39 is 5.24 Å². The highest BCUT2D eigenvalue weighted by Gasteiger charge is 2.03. The first-order valence-electron chi connectivity index (χ1n) is 3.19. The molecule has 0 saturated carbocycles. The van der Waals surface area contributed by atoms with Crippen molar-refractivity contribution in [1.82, 2.24) is 0 Å². The molecule has 1 aromatic rings. The first-order chi connectivity index (χ1) is 6.13. The highest BCUT2D eigenvalue weighted by Crippen LogP contribution is 2.12. The summed E-state index contributed by atoms with van der Waals surface area (Å²) in [6.45, 7) is 0. The fourth-order valence-electron chi connectivity index (χ4n) is 0.621. The number of alkyl halides is 2. The molecular formula is C8H6Cl3IO. The van der Waals surface area contributed by atoms with E-state index in [9.17, 15) is 4.79 Å². The molecule has 1 rings (SSSR count). The van der Waals surface area contributed by atoms with Crippen molar-refractivity contribution in [3.05, 3.63) is 33.4 Å². The van der Waals surface area contributed by atoms with Crippen LogP contribution in [0, 0.1) is 3.57 Å². The molecule has 0 atom stereocenters. The maximum Gasteiger partial charge on any atom is 0.253 e. The van der Waals surface area contributed by atoms with Crippen LogP contribution in [0.5, 0.6) is 0 Å². The Morgan fingerprint density at radius 1 is 1.31 bits per heavy atom. The van der Waals surface area contributed by atoms with Crippen LogP contribution in [-0.4, -0.2) is 10.6 Å². The standard InChI is InChI=1S/C7H4ClIO.CH2Cl2/c8-7(10)5-3-1-2-4-6(5)9;2-1-3/h1-4H;1H2. The summed E-state index contributed by atoms with van der Waals surface area (Å²) in [6, 6.07) is 7.20. The maximum absolute atomic E-state index is 10.6. The molecular weight excluding hydrogens is 345 g/mol. The summed E-state index contributed by atoms with van der Waals surface area (Å²) in [5.41, 5.74) is 0.574. The van der Waals surface area contributed by atoms with Gasteiger partial charge in [0.15, 0.2) is 0 Å². The normalized spacial score (nSPS) is 8.62. The molecule has 5 heteroatoms. The van der Waals surface area contributed by atoms with E-state index in [-0.39, 0.29) is 5.34 Å². The molecule has 1 nitrogen and oxygen atoms in total. The van der Waals surface area contributed by atoms with E-state index in [4.69, 9.17) is 34.8 Å². The van der Waals surface area contributed by atoms with E-state index >= 15 is 0 Å². The van der Waals surface area contributed by atoms with Gasteiger partial charge in [0.25, 0.3) is 5.24 Å². The van der Waals surface area contributed by atoms with Crippen molar-refractivity contribution < 1.29 is 4.79 Å². The molecule has 13 heavy (non-hydrogen) atoms. The van der Waals surface area contributed by atoms with Gasteiger partial charge in [0.1, 0.15) is 0 Å². The lowest BCUT2D eigenvalue weighted by atomic mass is 10.2. The smallest absolute Gasteiger partial charge is 0.253 e. The Labute approximate surface area is 106 Å². The monoisotopic (exact) mass is 350 g/mol. The van der Waals surface area contributed by atoms with Crippen LogP contribution < -0.4 is 0 Å². The molecule has 1 aromatic carbocycles. The average molecular weight is 351 g/mol. The van der Waals surface area contributed by atoms with E-state index in [0.717, 1.165) is 3.57 Å². The van der Waals surface area contributed by atoms with Gasteiger partial charge in [0, 0.05) is 9.13 Å². The van der Waals surface area contributed by atoms with Crippen molar-refractivity contribution in [2.24, 2.45) is 0 Å². The van der Waals surface area contributed by atoms with Crippen LogP contribution in [-0.2, 0) is 0 Å². The lowest BCUT2D eigenvalue weighted by Crippen LogP contribution is -1.90. The molecule has 0 aliphatic heterocycles. The summed E-state index contributed by atoms with van der Waals surface area (Å²) >= 11 is 16.9. The van der Waals surface area contributed by atoms with Gasteiger partial charge in [-0.05, 0) is 46.3 Å². The summed E-state index contributed by atoms with van der Waals surface area (Å²) < 4.78 is 0.889. The number of halogens is 4. The largest absolute Gasteiger partial charge is 0.276 e. The SMILES string of the molecule is ClCCl.O=C(Cl)c1ccccc1I. The average Bonchev–Trinajstić information content (AvgIpc) is 2.06. The highest BCUT2D eigenvalue weighted by molar-refractivity contribution is 14.1. The molecule has 0 aliphatic carbocycles.